The first-order valence-electron chi connectivity index (χ1n) is 4.18. The number of hydrogen-bond acceptors (Lipinski definition) is 2. The molecule has 0 aromatic rings. The molecule has 0 aliphatic rings. The summed E-state index contributed by atoms with van der Waals surface area (Å²) in [6.45, 7) is 1.48. The lowest BCUT2D eigenvalue weighted by Gasteiger charge is -1.88. The zero-order valence-electron chi connectivity index (χ0n) is 7.69. The molecule has 0 aliphatic carbocycles. The predicted octanol–water partition coefficient (Wildman–Crippen LogP) is 1.94. The molecule has 0 aliphatic heterocycles. The summed E-state index contributed by atoms with van der Waals surface area (Å²) in [4.78, 5) is 20.5. The summed E-state index contributed by atoms with van der Waals surface area (Å²) >= 11 is 0. The third-order valence-electron chi connectivity index (χ3n) is 1.34. The van der Waals surface area contributed by atoms with Gasteiger partial charge in [-0.2, -0.15) is 0 Å². The van der Waals surface area contributed by atoms with Gasteiger partial charge < -0.3 is 5.11 Å². The van der Waals surface area contributed by atoms with Crippen LogP contribution in [0.1, 0.15) is 26.2 Å². The van der Waals surface area contributed by atoms with E-state index in [1.54, 1.807) is 12.2 Å². The Kier molecular flexibility index (Phi) is 6.51. The van der Waals surface area contributed by atoms with E-state index in [4.69, 9.17) is 5.11 Å². The van der Waals surface area contributed by atoms with Crippen molar-refractivity contribution in [3.8, 4) is 0 Å². The van der Waals surface area contributed by atoms with E-state index in [0.29, 0.717) is 6.42 Å². The molecule has 0 atom stereocenters. The lowest BCUT2D eigenvalue weighted by molar-refractivity contribution is -0.137. The maximum atomic E-state index is 10.4. The monoisotopic (exact) mass is 182 g/mol. The maximum Gasteiger partial charge on any atom is 0.303 e. The number of carbonyl (C=O) groups excluding carboxylic acids is 1. The molecule has 0 rings (SSSR count). The van der Waals surface area contributed by atoms with Crippen LogP contribution in [-0.4, -0.2) is 16.9 Å². The summed E-state index contributed by atoms with van der Waals surface area (Å²) in [6.07, 6.45) is 8.29. The van der Waals surface area contributed by atoms with Gasteiger partial charge in [0.2, 0.25) is 0 Å². The number of carbonyl (C=O) groups is 2. The first kappa shape index (κ1) is 11.6. The van der Waals surface area contributed by atoms with Crippen LogP contribution in [0.25, 0.3) is 0 Å². The van der Waals surface area contributed by atoms with Crippen molar-refractivity contribution in [1.82, 2.24) is 0 Å². The third-order valence-corrected chi connectivity index (χ3v) is 1.34. The number of rotatable bonds is 6. The maximum absolute atomic E-state index is 10.4. The fourth-order valence-electron chi connectivity index (χ4n) is 0.737. The average Bonchev–Trinajstić information content (AvgIpc) is 2.01. The van der Waals surface area contributed by atoms with Crippen molar-refractivity contribution in [1.29, 1.82) is 0 Å². The molecule has 0 amide bonds. The summed E-state index contributed by atoms with van der Waals surface area (Å²) in [5.74, 6) is -0.761. The van der Waals surface area contributed by atoms with Crippen LogP contribution in [0.15, 0.2) is 24.3 Å². The summed E-state index contributed by atoms with van der Waals surface area (Å²) in [6, 6.07) is 0. The fourth-order valence-corrected chi connectivity index (χ4v) is 0.737. The van der Waals surface area contributed by atoms with E-state index in [1.165, 1.54) is 13.0 Å². The predicted molar refractivity (Wildman–Crippen MR) is 50.4 cm³/mol. The highest BCUT2D eigenvalue weighted by Gasteiger charge is 1.92. The molecular formula is C10H14O3. The molecule has 0 radical (unpaired) electrons. The molecule has 1 N–H and O–H groups in total. The first-order valence-corrected chi connectivity index (χ1v) is 4.18. The van der Waals surface area contributed by atoms with Crippen LogP contribution in [0, 0.1) is 0 Å². The van der Waals surface area contributed by atoms with Gasteiger partial charge >= 0.3 is 5.97 Å². The van der Waals surface area contributed by atoms with E-state index in [0.717, 1.165) is 6.42 Å². The van der Waals surface area contributed by atoms with E-state index < -0.39 is 5.97 Å². The minimum absolute atomic E-state index is 0.00943. The number of hydrogen-bond donors (Lipinski definition) is 1. The van der Waals surface area contributed by atoms with Gasteiger partial charge in [0.05, 0.1) is 0 Å². The van der Waals surface area contributed by atoms with E-state index >= 15 is 0 Å². The Balaban J connectivity index is 3.42. The SMILES string of the molecule is CC(=O)C=CC=CCCCC(=O)O. The Morgan fingerprint density at radius 2 is 2.00 bits per heavy atom. The molecule has 0 aromatic carbocycles. The van der Waals surface area contributed by atoms with Gasteiger partial charge in [0.1, 0.15) is 0 Å². The Morgan fingerprint density at radius 3 is 2.54 bits per heavy atom. The standard InChI is InChI=1S/C10H14O3/c1-9(11)7-5-3-2-4-6-8-10(12)13/h2-3,5,7H,4,6,8H2,1H3,(H,12,13). The molecule has 0 spiro atoms. The number of aliphatic carboxylic acids is 1. The molecule has 0 fully saturated rings. The molecule has 3 nitrogen and oxygen atoms in total. The van der Waals surface area contributed by atoms with Crippen LogP contribution in [0.3, 0.4) is 0 Å². The van der Waals surface area contributed by atoms with Gasteiger partial charge in [0.25, 0.3) is 0 Å². The van der Waals surface area contributed by atoms with Gasteiger partial charge in [0, 0.05) is 6.42 Å². The van der Waals surface area contributed by atoms with Crippen LogP contribution in [-0.2, 0) is 9.59 Å². The van der Waals surface area contributed by atoms with Crippen LogP contribution in [0.2, 0.25) is 0 Å². The van der Waals surface area contributed by atoms with Crippen molar-refractivity contribution in [2.75, 3.05) is 0 Å². The number of carboxylic acid groups (broad SMARTS) is 1. The van der Waals surface area contributed by atoms with E-state index in [1.807, 2.05) is 6.08 Å². The zero-order chi connectivity index (χ0) is 10.1. The van der Waals surface area contributed by atoms with E-state index in [9.17, 15) is 9.59 Å². The second-order valence-corrected chi connectivity index (χ2v) is 2.68. The number of unbranched alkanes of at least 4 members (excludes halogenated alkanes) is 1. The molecule has 0 bridgehead atoms. The minimum Gasteiger partial charge on any atom is -0.481 e. The van der Waals surface area contributed by atoms with Crippen molar-refractivity contribution in [2.24, 2.45) is 0 Å². The van der Waals surface area contributed by atoms with Gasteiger partial charge in [-0.1, -0.05) is 18.2 Å². The van der Waals surface area contributed by atoms with E-state index in [2.05, 4.69) is 0 Å². The molecule has 0 unspecified atom stereocenters. The Hall–Kier alpha value is -1.38. The van der Waals surface area contributed by atoms with Crippen molar-refractivity contribution in [3.63, 3.8) is 0 Å². The summed E-state index contributed by atoms with van der Waals surface area (Å²) in [5, 5.41) is 8.31. The Bertz CT molecular complexity index is 226. The highest BCUT2D eigenvalue weighted by molar-refractivity contribution is 5.87. The topological polar surface area (TPSA) is 54.4 Å². The summed E-state index contributed by atoms with van der Waals surface area (Å²) in [5.41, 5.74) is 0. The van der Waals surface area contributed by atoms with Gasteiger partial charge in [-0.15, -0.1) is 0 Å². The average molecular weight is 182 g/mol. The van der Waals surface area contributed by atoms with Crippen molar-refractivity contribution in [2.45, 2.75) is 26.2 Å². The van der Waals surface area contributed by atoms with Crippen LogP contribution in [0.4, 0.5) is 0 Å². The van der Waals surface area contributed by atoms with Gasteiger partial charge in [-0.3, -0.25) is 9.59 Å². The molecule has 0 aromatic heterocycles. The van der Waals surface area contributed by atoms with Crippen molar-refractivity contribution >= 4 is 11.8 Å². The quantitative estimate of drug-likeness (QED) is 0.388. The first-order chi connectivity index (χ1) is 6.13. The van der Waals surface area contributed by atoms with Crippen LogP contribution < -0.4 is 0 Å². The van der Waals surface area contributed by atoms with E-state index in [-0.39, 0.29) is 12.2 Å². The molecular weight excluding hydrogens is 168 g/mol. The normalized spacial score (nSPS) is 11.2. The highest BCUT2D eigenvalue weighted by atomic mass is 16.4. The van der Waals surface area contributed by atoms with Crippen LogP contribution in [0.5, 0.6) is 0 Å². The lowest BCUT2D eigenvalue weighted by Crippen LogP contribution is -1.92. The Morgan fingerprint density at radius 1 is 1.31 bits per heavy atom. The number of allylic oxidation sites excluding steroid dienone is 4. The Labute approximate surface area is 77.8 Å². The second kappa shape index (κ2) is 7.28. The highest BCUT2D eigenvalue weighted by Crippen LogP contribution is 1.96. The van der Waals surface area contributed by atoms with Crippen molar-refractivity contribution in [3.05, 3.63) is 24.3 Å². The molecule has 13 heavy (non-hydrogen) atoms. The third kappa shape index (κ3) is 10.6. The summed E-state index contributed by atoms with van der Waals surface area (Å²) < 4.78 is 0. The molecule has 72 valence electrons. The zero-order valence-corrected chi connectivity index (χ0v) is 7.69. The smallest absolute Gasteiger partial charge is 0.303 e. The fraction of sp³-hybridized carbons (Fsp3) is 0.400. The van der Waals surface area contributed by atoms with Crippen LogP contribution >= 0.6 is 0 Å². The molecule has 3 heteroatoms. The second-order valence-electron chi connectivity index (χ2n) is 2.68. The van der Waals surface area contributed by atoms with Gasteiger partial charge in [-0.05, 0) is 25.8 Å². The lowest BCUT2D eigenvalue weighted by atomic mass is 10.2. The molecule has 0 saturated carbocycles. The number of carboxylic acids is 1. The van der Waals surface area contributed by atoms with Gasteiger partial charge in [-0.25, -0.2) is 0 Å². The molecule has 0 heterocycles. The molecule has 0 saturated heterocycles. The van der Waals surface area contributed by atoms with Crippen molar-refractivity contribution < 1.29 is 14.7 Å². The minimum atomic E-state index is -0.771. The summed E-state index contributed by atoms with van der Waals surface area (Å²) in [7, 11) is 0. The largest absolute Gasteiger partial charge is 0.481 e. The number of ketones is 1. The van der Waals surface area contributed by atoms with Gasteiger partial charge in [0.15, 0.2) is 5.78 Å².